The third kappa shape index (κ3) is 5.04. The molecule has 39 heavy (non-hydrogen) atoms. The second-order valence-corrected chi connectivity index (χ2v) is 10.00. The fourth-order valence-electron chi connectivity index (χ4n) is 5.35. The number of ether oxygens (including phenoxy) is 3. The first-order valence-electron chi connectivity index (χ1n) is 13.1. The number of hydrogen-bond acceptors (Lipinski definition) is 8. The van der Waals surface area contributed by atoms with Crippen LogP contribution in [0.2, 0.25) is 0 Å². The average molecular weight is 542 g/mol. The van der Waals surface area contributed by atoms with Gasteiger partial charge in [0.25, 0.3) is 5.91 Å². The number of carbonyl (C=O) groups excluding carboxylic acids is 1. The first kappa shape index (κ1) is 25.6. The molecule has 0 unspecified atom stereocenters. The summed E-state index contributed by atoms with van der Waals surface area (Å²) in [6.07, 6.45) is -0.0256. The predicted molar refractivity (Wildman–Crippen MR) is 140 cm³/mol. The van der Waals surface area contributed by atoms with Crippen LogP contribution in [0.15, 0.2) is 39.5 Å². The number of benzene rings is 2. The molecule has 4 heterocycles. The van der Waals surface area contributed by atoms with Crippen molar-refractivity contribution in [2.24, 2.45) is 0 Å². The number of morpholine rings is 2. The molecule has 3 aromatic rings. The lowest BCUT2D eigenvalue weighted by atomic mass is 10.0. The SMILES string of the molecule is C[C@@H]1CN(c2cc(=O)c3cc(C(=O)N4CCOCC4)cc(CN4CCOc5c(F)cc(F)cc54)c3o2)CCO1. The van der Waals surface area contributed by atoms with Crippen molar-refractivity contribution in [3.63, 3.8) is 0 Å². The molecule has 3 aliphatic heterocycles. The molecule has 1 atom stereocenters. The molecule has 0 saturated carbocycles. The Bertz CT molecular complexity index is 1470. The van der Waals surface area contributed by atoms with Crippen LogP contribution in [0.3, 0.4) is 0 Å². The zero-order valence-electron chi connectivity index (χ0n) is 21.6. The second-order valence-electron chi connectivity index (χ2n) is 10.00. The Hall–Kier alpha value is -3.70. The fraction of sp³-hybridized carbons (Fsp3) is 0.429. The lowest BCUT2D eigenvalue weighted by Gasteiger charge is -2.33. The normalized spacial score (nSPS) is 19.7. The van der Waals surface area contributed by atoms with Crippen molar-refractivity contribution < 1.29 is 32.2 Å². The fourth-order valence-corrected chi connectivity index (χ4v) is 5.35. The number of fused-ring (bicyclic) bond motifs is 2. The minimum absolute atomic E-state index is 0.0256. The van der Waals surface area contributed by atoms with Gasteiger partial charge in [-0.1, -0.05) is 0 Å². The van der Waals surface area contributed by atoms with Crippen molar-refractivity contribution >= 4 is 28.4 Å². The highest BCUT2D eigenvalue weighted by Crippen LogP contribution is 2.37. The number of nitrogens with zero attached hydrogens (tertiary/aromatic N) is 3. The van der Waals surface area contributed by atoms with E-state index in [-0.39, 0.29) is 47.4 Å². The van der Waals surface area contributed by atoms with Gasteiger partial charge in [-0.05, 0) is 19.1 Å². The van der Waals surface area contributed by atoms with E-state index in [2.05, 4.69) is 0 Å². The van der Waals surface area contributed by atoms with Crippen LogP contribution in [0, 0.1) is 11.6 Å². The van der Waals surface area contributed by atoms with E-state index >= 15 is 0 Å². The van der Waals surface area contributed by atoms with Crippen molar-refractivity contribution in [1.82, 2.24) is 4.90 Å². The minimum atomic E-state index is -0.786. The Balaban J connectivity index is 1.46. The molecule has 2 aromatic carbocycles. The van der Waals surface area contributed by atoms with Crippen molar-refractivity contribution in [2.75, 3.05) is 69.0 Å². The molecular formula is C28H29F2N3O6. The maximum atomic E-state index is 14.5. The van der Waals surface area contributed by atoms with Gasteiger partial charge in [-0.25, -0.2) is 8.78 Å². The van der Waals surface area contributed by atoms with E-state index in [1.54, 1.807) is 21.9 Å². The van der Waals surface area contributed by atoms with Crippen LogP contribution in [0.25, 0.3) is 11.0 Å². The Labute approximate surface area is 223 Å². The summed E-state index contributed by atoms with van der Waals surface area (Å²) in [5.74, 6) is -1.34. The van der Waals surface area contributed by atoms with Crippen LogP contribution >= 0.6 is 0 Å². The Morgan fingerprint density at radius 3 is 2.62 bits per heavy atom. The zero-order valence-corrected chi connectivity index (χ0v) is 21.6. The number of amides is 1. The van der Waals surface area contributed by atoms with Gasteiger partial charge in [0.1, 0.15) is 18.0 Å². The first-order chi connectivity index (χ1) is 18.9. The zero-order chi connectivity index (χ0) is 27.1. The van der Waals surface area contributed by atoms with Gasteiger partial charge in [0.2, 0.25) is 0 Å². The standard InChI is InChI=1S/C28H29F2N3O6/c1-17-15-33(5-8-37-17)25-14-24(34)21-11-18(28(35)31-2-6-36-7-3-31)10-19(26(21)39-25)16-32-4-9-38-27-22(30)12-20(29)13-23(27)32/h10-14,17H,2-9,15-16H2,1H3/t17-/m1/s1. The molecular weight excluding hydrogens is 512 g/mol. The Morgan fingerprint density at radius 2 is 1.82 bits per heavy atom. The Kier molecular flexibility index (Phi) is 6.86. The van der Waals surface area contributed by atoms with Crippen LogP contribution in [-0.4, -0.2) is 76.1 Å². The third-order valence-electron chi connectivity index (χ3n) is 7.29. The lowest BCUT2D eigenvalue weighted by molar-refractivity contribution is 0.0303. The highest BCUT2D eigenvalue weighted by atomic mass is 19.1. The van der Waals surface area contributed by atoms with Crippen molar-refractivity contribution in [1.29, 1.82) is 0 Å². The summed E-state index contributed by atoms with van der Waals surface area (Å²) in [6, 6.07) is 6.73. The van der Waals surface area contributed by atoms with Gasteiger partial charge in [0.15, 0.2) is 22.9 Å². The molecule has 2 saturated heterocycles. The molecule has 0 aliphatic carbocycles. The van der Waals surface area contributed by atoms with Crippen LogP contribution in [0.1, 0.15) is 22.8 Å². The molecule has 6 rings (SSSR count). The number of hydrogen-bond donors (Lipinski definition) is 0. The van der Waals surface area contributed by atoms with Crippen molar-refractivity contribution in [3.05, 3.63) is 63.3 Å². The quantitative estimate of drug-likeness (QED) is 0.498. The molecule has 0 spiro atoms. The van der Waals surface area contributed by atoms with Gasteiger partial charge in [-0.15, -0.1) is 0 Å². The van der Waals surface area contributed by atoms with E-state index in [1.807, 2.05) is 11.8 Å². The molecule has 2 fully saturated rings. The summed E-state index contributed by atoms with van der Waals surface area (Å²) in [7, 11) is 0. The topological polar surface area (TPSA) is 84.7 Å². The number of halogens is 2. The van der Waals surface area contributed by atoms with Crippen LogP contribution < -0.4 is 20.0 Å². The minimum Gasteiger partial charge on any atom is -0.486 e. The average Bonchev–Trinajstić information content (AvgIpc) is 2.93. The van der Waals surface area contributed by atoms with Gasteiger partial charge in [-0.3, -0.25) is 9.59 Å². The van der Waals surface area contributed by atoms with E-state index in [0.717, 1.165) is 6.07 Å². The van der Waals surface area contributed by atoms with Crippen molar-refractivity contribution in [3.8, 4) is 5.75 Å². The molecule has 206 valence electrons. The Morgan fingerprint density at radius 1 is 1.00 bits per heavy atom. The van der Waals surface area contributed by atoms with E-state index in [4.69, 9.17) is 18.6 Å². The van der Waals surface area contributed by atoms with Gasteiger partial charge in [-0.2, -0.15) is 0 Å². The summed E-state index contributed by atoms with van der Waals surface area (Å²) in [5.41, 5.74) is 1.22. The predicted octanol–water partition coefficient (Wildman–Crippen LogP) is 3.17. The summed E-state index contributed by atoms with van der Waals surface area (Å²) in [5, 5.41) is 0.271. The van der Waals surface area contributed by atoms with E-state index < -0.39 is 11.6 Å². The highest BCUT2D eigenvalue weighted by Gasteiger charge is 2.27. The molecule has 0 radical (unpaired) electrons. The molecule has 0 N–H and O–H groups in total. The summed E-state index contributed by atoms with van der Waals surface area (Å²) in [6.45, 7) is 6.06. The van der Waals surface area contributed by atoms with Gasteiger partial charge >= 0.3 is 0 Å². The first-order valence-corrected chi connectivity index (χ1v) is 13.1. The van der Waals surface area contributed by atoms with Crippen LogP contribution in [0.5, 0.6) is 5.75 Å². The molecule has 11 heteroatoms. The van der Waals surface area contributed by atoms with E-state index in [9.17, 15) is 18.4 Å². The maximum absolute atomic E-state index is 14.5. The molecule has 9 nitrogen and oxygen atoms in total. The van der Waals surface area contributed by atoms with E-state index in [1.165, 1.54) is 12.1 Å². The monoisotopic (exact) mass is 541 g/mol. The summed E-state index contributed by atoms with van der Waals surface area (Å²) in [4.78, 5) is 32.2. The number of carbonyl (C=O) groups is 1. The number of anilines is 2. The second kappa shape index (κ2) is 10.5. The van der Waals surface area contributed by atoms with E-state index in [0.29, 0.717) is 75.1 Å². The largest absolute Gasteiger partial charge is 0.486 e. The highest BCUT2D eigenvalue weighted by molar-refractivity contribution is 5.99. The van der Waals surface area contributed by atoms with Gasteiger partial charge in [0.05, 0.1) is 43.5 Å². The molecule has 1 aromatic heterocycles. The van der Waals surface area contributed by atoms with Crippen LogP contribution in [-0.2, 0) is 16.0 Å². The summed E-state index contributed by atoms with van der Waals surface area (Å²) >= 11 is 0. The number of rotatable bonds is 4. The lowest BCUT2D eigenvalue weighted by Crippen LogP contribution is -2.41. The molecule has 1 amide bonds. The maximum Gasteiger partial charge on any atom is 0.254 e. The van der Waals surface area contributed by atoms with Crippen molar-refractivity contribution in [2.45, 2.75) is 19.6 Å². The molecule has 3 aliphatic rings. The third-order valence-corrected chi connectivity index (χ3v) is 7.29. The van der Waals surface area contributed by atoms with Crippen LogP contribution in [0.4, 0.5) is 20.4 Å². The summed E-state index contributed by atoms with van der Waals surface area (Å²) < 4.78 is 51.5. The van der Waals surface area contributed by atoms with Gasteiger partial charge < -0.3 is 33.3 Å². The smallest absolute Gasteiger partial charge is 0.254 e. The molecule has 0 bridgehead atoms. The van der Waals surface area contributed by atoms with Gasteiger partial charge in [0, 0.05) is 62.0 Å².